The van der Waals surface area contributed by atoms with Crippen molar-refractivity contribution in [2.75, 3.05) is 5.73 Å². The first kappa shape index (κ1) is 12.6. The molecule has 0 fully saturated rings. The predicted molar refractivity (Wildman–Crippen MR) is 86.6 cm³/mol. The summed E-state index contributed by atoms with van der Waals surface area (Å²) >= 11 is 5.16. The van der Waals surface area contributed by atoms with E-state index in [9.17, 15) is 0 Å². The lowest BCUT2D eigenvalue weighted by Gasteiger charge is -2.07. The molecule has 0 saturated heterocycles. The highest BCUT2D eigenvalue weighted by molar-refractivity contribution is 9.10. The Morgan fingerprint density at radius 3 is 2.74 bits per heavy atom. The molecule has 0 aliphatic heterocycles. The van der Waals surface area contributed by atoms with Crippen molar-refractivity contribution in [3.8, 4) is 10.6 Å². The minimum atomic E-state index is 0.823. The molecular formula is C15H13BrN2S. The lowest BCUT2D eigenvalue weighted by molar-refractivity contribution is 1.37. The first-order valence-electron chi connectivity index (χ1n) is 5.98. The molecule has 1 heterocycles. The van der Waals surface area contributed by atoms with Gasteiger partial charge in [0.25, 0.3) is 0 Å². The van der Waals surface area contributed by atoms with Gasteiger partial charge in [-0.3, -0.25) is 0 Å². The molecule has 2 N–H and O–H groups in total. The third-order valence-electron chi connectivity index (χ3n) is 3.11. The molecule has 19 heavy (non-hydrogen) atoms. The maximum absolute atomic E-state index is 6.19. The van der Waals surface area contributed by atoms with E-state index in [1.54, 1.807) is 11.3 Å². The second-order valence-corrected chi connectivity index (χ2v) is 6.62. The van der Waals surface area contributed by atoms with Gasteiger partial charge in [-0.1, -0.05) is 27.6 Å². The summed E-state index contributed by atoms with van der Waals surface area (Å²) in [5, 5.41) is 0.984. The summed E-state index contributed by atoms with van der Waals surface area (Å²) in [7, 11) is 0. The minimum Gasteiger partial charge on any atom is -0.398 e. The molecule has 2 nitrogen and oxygen atoms in total. The van der Waals surface area contributed by atoms with Gasteiger partial charge in [0.2, 0.25) is 0 Å². The van der Waals surface area contributed by atoms with Gasteiger partial charge in [-0.25, -0.2) is 4.98 Å². The van der Waals surface area contributed by atoms with Crippen LogP contribution in [-0.4, -0.2) is 4.98 Å². The smallest absolute Gasteiger partial charge is 0.126 e. The fourth-order valence-electron chi connectivity index (χ4n) is 2.17. The lowest BCUT2D eigenvalue weighted by Crippen LogP contribution is -1.94. The molecule has 1 aromatic heterocycles. The molecule has 0 bridgehead atoms. The van der Waals surface area contributed by atoms with Crippen LogP contribution in [0.5, 0.6) is 0 Å². The topological polar surface area (TPSA) is 38.9 Å². The Hall–Kier alpha value is -1.39. The fraction of sp³-hybridized carbons (Fsp3) is 0.133. The molecule has 0 unspecified atom stereocenters. The first-order chi connectivity index (χ1) is 9.04. The zero-order chi connectivity index (χ0) is 13.6. The molecule has 2 aromatic carbocycles. The second kappa shape index (κ2) is 4.62. The summed E-state index contributed by atoms with van der Waals surface area (Å²) < 4.78 is 2.24. The van der Waals surface area contributed by atoms with Crippen molar-refractivity contribution in [1.29, 1.82) is 0 Å². The van der Waals surface area contributed by atoms with Crippen LogP contribution in [0.25, 0.3) is 20.8 Å². The minimum absolute atomic E-state index is 0.823. The van der Waals surface area contributed by atoms with E-state index in [-0.39, 0.29) is 0 Å². The summed E-state index contributed by atoms with van der Waals surface area (Å²) in [4.78, 5) is 4.68. The fourth-order valence-corrected chi connectivity index (χ4v) is 3.72. The molecule has 0 radical (unpaired) electrons. The average molecular weight is 333 g/mol. The summed E-state index contributed by atoms with van der Waals surface area (Å²) in [6.45, 7) is 4.12. The Morgan fingerprint density at radius 2 is 1.95 bits per heavy atom. The highest BCUT2D eigenvalue weighted by Gasteiger charge is 2.11. The van der Waals surface area contributed by atoms with Gasteiger partial charge in [0.05, 0.1) is 10.2 Å². The summed E-state index contributed by atoms with van der Waals surface area (Å²) in [5.74, 6) is 0. The molecular weight excluding hydrogens is 320 g/mol. The van der Waals surface area contributed by atoms with Crippen molar-refractivity contribution in [3.05, 3.63) is 45.9 Å². The molecule has 4 heteroatoms. The maximum atomic E-state index is 6.19. The van der Waals surface area contributed by atoms with Crippen LogP contribution < -0.4 is 5.73 Å². The molecule has 0 amide bonds. The van der Waals surface area contributed by atoms with Gasteiger partial charge in [0, 0.05) is 15.7 Å². The third-order valence-corrected chi connectivity index (χ3v) is 4.66. The molecule has 3 rings (SSSR count). The number of hydrogen-bond acceptors (Lipinski definition) is 3. The molecule has 0 spiro atoms. The van der Waals surface area contributed by atoms with E-state index in [0.717, 1.165) is 31.8 Å². The number of anilines is 1. The monoisotopic (exact) mass is 332 g/mol. The van der Waals surface area contributed by atoms with Crippen molar-refractivity contribution >= 4 is 43.2 Å². The van der Waals surface area contributed by atoms with Crippen LogP contribution in [0.15, 0.2) is 34.8 Å². The van der Waals surface area contributed by atoms with Gasteiger partial charge in [-0.2, -0.15) is 0 Å². The number of halogens is 1. The molecule has 0 aliphatic carbocycles. The van der Waals surface area contributed by atoms with E-state index in [1.165, 1.54) is 10.3 Å². The normalized spacial score (nSPS) is 11.1. The number of thiazole rings is 1. The number of nitrogens with two attached hydrogens (primary N) is 1. The summed E-state index contributed by atoms with van der Waals surface area (Å²) in [5.41, 5.74) is 11.4. The Labute approximate surface area is 124 Å². The van der Waals surface area contributed by atoms with Crippen LogP contribution in [0.4, 0.5) is 5.69 Å². The Morgan fingerprint density at radius 1 is 1.16 bits per heavy atom. The Bertz CT molecular complexity index is 777. The number of aryl methyl sites for hydroxylation is 2. The van der Waals surface area contributed by atoms with Gasteiger partial charge >= 0.3 is 0 Å². The zero-order valence-corrected chi connectivity index (χ0v) is 13.1. The standard InChI is InChI=1S/C15H13BrN2S/c1-8-5-9(2)14(17)11(6-8)15-18-12-4-3-10(16)7-13(12)19-15/h3-7H,17H2,1-2H3. The van der Waals surface area contributed by atoms with Crippen LogP contribution >= 0.6 is 27.3 Å². The van der Waals surface area contributed by atoms with E-state index >= 15 is 0 Å². The van der Waals surface area contributed by atoms with E-state index in [4.69, 9.17) is 5.73 Å². The number of fused-ring (bicyclic) bond motifs is 1. The zero-order valence-electron chi connectivity index (χ0n) is 10.7. The molecule has 0 atom stereocenters. The maximum Gasteiger partial charge on any atom is 0.126 e. The van der Waals surface area contributed by atoms with E-state index in [2.05, 4.69) is 46.0 Å². The Kier molecular flexibility index (Phi) is 3.07. The van der Waals surface area contributed by atoms with Crippen molar-refractivity contribution in [1.82, 2.24) is 4.98 Å². The summed E-state index contributed by atoms with van der Waals surface area (Å²) in [6, 6.07) is 10.3. The largest absolute Gasteiger partial charge is 0.398 e. The predicted octanol–water partition coefficient (Wildman–Crippen LogP) is 4.92. The average Bonchev–Trinajstić information content (AvgIpc) is 2.76. The van der Waals surface area contributed by atoms with Crippen LogP contribution in [0.3, 0.4) is 0 Å². The number of benzene rings is 2. The Balaban J connectivity index is 2.24. The van der Waals surface area contributed by atoms with Crippen molar-refractivity contribution in [3.63, 3.8) is 0 Å². The van der Waals surface area contributed by atoms with Crippen molar-refractivity contribution in [2.45, 2.75) is 13.8 Å². The number of nitrogen functional groups attached to an aromatic ring is 1. The van der Waals surface area contributed by atoms with Crippen LogP contribution in [0.1, 0.15) is 11.1 Å². The molecule has 96 valence electrons. The van der Waals surface area contributed by atoms with Crippen LogP contribution in [0, 0.1) is 13.8 Å². The number of aromatic nitrogens is 1. The highest BCUT2D eigenvalue weighted by Crippen LogP contribution is 2.36. The first-order valence-corrected chi connectivity index (χ1v) is 7.59. The quantitative estimate of drug-likeness (QED) is 0.642. The number of rotatable bonds is 1. The molecule has 3 aromatic rings. The van der Waals surface area contributed by atoms with Gasteiger partial charge in [-0.15, -0.1) is 11.3 Å². The lowest BCUT2D eigenvalue weighted by atomic mass is 10.1. The molecule has 0 saturated carbocycles. The van der Waals surface area contributed by atoms with Crippen LogP contribution in [0.2, 0.25) is 0 Å². The van der Waals surface area contributed by atoms with Gasteiger partial charge in [0.15, 0.2) is 0 Å². The van der Waals surface area contributed by atoms with Crippen LogP contribution in [-0.2, 0) is 0 Å². The number of hydrogen-bond donors (Lipinski definition) is 1. The third kappa shape index (κ3) is 2.26. The van der Waals surface area contributed by atoms with E-state index in [1.807, 2.05) is 19.1 Å². The molecule has 0 aliphatic rings. The van der Waals surface area contributed by atoms with Gasteiger partial charge in [0.1, 0.15) is 5.01 Å². The SMILES string of the molecule is Cc1cc(C)c(N)c(-c2nc3ccc(Br)cc3s2)c1. The summed E-state index contributed by atoms with van der Waals surface area (Å²) in [6.07, 6.45) is 0. The van der Waals surface area contributed by atoms with Gasteiger partial charge in [-0.05, 0) is 43.7 Å². The highest BCUT2D eigenvalue weighted by atomic mass is 79.9. The van der Waals surface area contributed by atoms with Gasteiger partial charge < -0.3 is 5.73 Å². The van der Waals surface area contributed by atoms with Crippen molar-refractivity contribution in [2.24, 2.45) is 0 Å². The van der Waals surface area contributed by atoms with Crippen molar-refractivity contribution < 1.29 is 0 Å². The number of nitrogens with zero attached hydrogens (tertiary/aromatic N) is 1. The van der Waals surface area contributed by atoms with E-state index < -0.39 is 0 Å². The van der Waals surface area contributed by atoms with E-state index in [0.29, 0.717) is 0 Å². The second-order valence-electron chi connectivity index (χ2n) is 4.67.